The Balaban J connectivity index is 1.12. The largest absolute Gasteiger partial charge is 0.430 e. The van der Waals surface area contributed by atoms with Gasteiger partial charge in [-0.25, -0.2) is 0 Å². The van der Waals surface area contributed by atoms with Crippen LogP contribution in [0.1, 0.15) is 0 Å². The smallest absolute Gasteiger partial charge is 0.328 e. The summed E-state index contributed by atoms with van der Waals surface area (Å²) in [5, 5.41) is 0. The van der Waals surface area contributed by atoms with Crippen molar-refractivity contribution >= 4 is 125 Å². The molecule has 0 unspecified atom stereocenters. The van der Waals surface area contributed by atoms with Crippen LogP contribution in [-0.2, 0) is 51.1 Å². The highest BCUT2D eigenvalue weighted by atomic mass is 35.6. The maximum atomic E-state index is 12.5. The molecule has 2 atom stereocenters. The number of benzene rings is 2. The topological polar surface area (TPSA) is 134 Å². The lowest BCUT2D eigenvalue weighted by atomic mass is 10.3. The molecule has 20 heteroatoms. The number of thiazole rings is 2. The van der Waals surface area contributed by atoms with Gasteiger partial charge in [0.25, 0.3) is 20.2 Å². The second-order valence-corrected chi connectivity index (χ2v) is 16.3. The SMILES string of the molecule is O=C(Cn1c(=O)sc2ccccc21)O[C@H](OCCOCCOCCO[C@@H](OC(=O)Cn1c(=O)sc2ccccc21)C(Cl)(Cl)Cl)C(Cl)(Cl)Cl. The third-order valence-electron chi connectivity index (χ3n) is 6.10. The minimum Gasteiger partial charge on any atom is -0.430 e. The zero-order valence-electron chi connectivity index (χ0n) is 24.5. The molecule has 0 saturated carbocycles. The first-order valence-corrected chi connectivity index (χ1v) is 17.7. The minimum absolute atomic E-state index is 0.0249. The number of esters is 2. The lowest BCUT2D eigenvalue weighted by molar-refractivity contribution is -0.183. The third-order valence-corrected chi connectivity index (χ3v) is 9.09. The summed E-state index contributed by atoms with van der Waals surface area (Å²) >= 11 is 37.5. The number of alkyl halides is 6. The van der Waals surface area contributed by atoms with E-state index in [1.807, 2.05) is 0 Å². The van der Waals surface area contributed by atoms with E-state index in [4.69, 9.17) is 98.0 Å². The van der Waals surface area contributed by atoms with Crippen molar-refractivity contribution in [1.82, 2.24) is 9.13 Å². The van der Waals surface area contributed by atoms with Gasteiger partial charge in [-0.05, 0) is 24.3 Å². The molecule has 12 nitrogen and oxygen atoms in total. The van der Waals surface area contributed by atoms with Crippen LogP contribution in [0.25, 0.3) is 20.4 Å². The lowest BCUT2D eigenvalue weighted by Gasteiger charge is -2.24. The van der Waals surface area contributed by atoms with Gasteiger partial charge in [0.1, 0.15) is 13.1 Å². The highest BCUT2D eigenvalue weighted by molar-refractivity contribution is 7.16. The molecule has 0 N–H and O–H groups in total. The molecule has 0 fully saturated rings. The van der Waals surface area contributed by atoms with E-state index in [0.29, 0.717) is 20.4 Å². The average Bonchev–Trinajstić information content (AvgIpc) is 3.50. The van der Waals surface area contributed by atoms with Crippen LogP contribution in [0.4, 0.5) is 0 Å². The maximum absolute atomic E-state index is 12.5. The van der Waals surface area contributed by atoms with Gasteiger partial charge in [0.2, 0.25) is 0 Å². The Hall–Kier alpha value is -1.66. The number of hydrogen-bond donors (Lipinski definition) is 0. The van der Waals surface area contributed by atoms with E-state index in [1.165, 1.54) is 9.13 Å². The molecule has 4 rings (SSSR count). The van der Waals surface area contributed by atoms with E-state index in [0.717, 1.165) is 22.7 Å². The normalized spacial score (nSPS) is 13.5. The van der Waals surface area contributed by atoms with E-state index in [1.54, 1.807) is 48.5 Å². The van der Waals surface area contributed by atoms with Gasteiger partial charge in [-0.1, -0.05) is 117 Å². The fraction of sp³-hybridized carbons (Fsp3) is 0.429. The van der Waals surface area contributed by atoms with Gasteiger partial charge in [0.05, 0.1) is 60.1 Å². The van der Waals surface area contributed by atoms with Crippen molar-refractivity contribution in [2.45, 2.75) is 33.3 Å². The number of carbonyl (C=O) groups excluding carboxylic acids is 2. The van der Waals surface area contributed by atoms with Crippen LogP contribution in [0.5, 0.6) is 0 Å². The Labute approximate surface area is 310 Å². The summed E-state index contributed by atoms with van der Waals surface area (Å²) < 4.78 is 31.7. The molecule has 0 radical (unpaired) electrons. The van der Waals surface area contributed by atoms with Crippen LogP contribution >= 0.6 is 92.3 Å². The van der Waals surface area contributed by atoms with Crippen molar-refractivity contribution < 1.29 is 38.0 Å². The van der Waals surface area contributed by atoms with E-state index in [-0.39, 0.29) is 49.4 Å². The highest BCUT2D eigenvalue weighted by Crippen LogP contribution is 2.34. The predicted octanol–water partition coefficient (Wildman–Crippen LogP) is 5.69. The summed E-state index contributed by atoms with van der Waals surface area (Å²) in [6.07, 6.45) is -3.14. The molecule has 2 aromatic heterocycles. The van der Waals surface area contributed by atoms with Crippen molar-refractivity contribution in [3.05, 3.63) is 67.9 Å². The van der Waals surface area contributed by atoms with Crippen LogP contribution in [-0.4, -0.2) is 80.9 Å². The summed E-state index contributed by atoms with van der Waals surface area (Å²) in [4.78, 5) is 49.0. The van der Waals surface area contributed by atoms with Crippen LogP contribution in [0, 0.1) is 0 Å². The van der Waals surface area contributed by atoms with Crippen molar-refractivity contribution in [3.63, 3.8) is 0 Å². The zero-order valence-corrected chi connectivity index (χ0v) is 30.7. The lowest BCUT2D eigenvalue weighted by Crippen LogP contribution is -2.36. The average molecular weight is 827 g/mol. The highest BCUT2D eigenvalue weighted by Gasteiger charge is 2.38. The second kappa shape index (κ2) is 18.0. The molecular formula is C28H26Cl6N2O10S2. The second-order valence-electron chi connectivity index (χ2n) is 9.54. The molecule has 0 saturated heterocycles. The van der Waals surface area contributed by atoms with Gasteiger partial charge >= 0.3 is 21.7 Å². The molecule has 48 heavy (non-hydrogen) atoms. The number of fused-ring (bicyclic) bond motifs is 2. The molecule has 4 aromatic rings. The first kappa shape index (κ1) is 39.1. The molecular weight excluding hydrogens is 801 g/mol. The van der Waals surface area contributed by atoms with Crippen LogP contribution < -0.4 is 9.75 Å². The molecule has 0 aliphatic carbocycles. The van der Waals surface area contributed by atoms with Crippen molar-refractivity contribution in [3.8, 4) is 0 Å². The standard InChI is InChI=1S/C28H26Cl6N2O10S2/c29-27(30,31)23(45-21(37)15-35-17-5-1-3-7-19(17)47-25(35)39)43-13-11-41-9-10-42-12-14-44-24(28(32,33)34)46-22(38)16-36-18-6-2-4-8-20(18)48-26(36)40/h1-8,23-24H,9-16H2/t23-,24-/m0/s1. The number of hydrogen-bond acceptors (Lipinski definition) is 12. The van der Waals surface area contributed by atoms with Gasteiger partial charge in [-0.2, -0.15) is 0 Å². The fourth-order valence-electron chi connectivity index (χ4n) is 4.04. The number of halogens is 6. The molecule has 2 aromatic carbocycles. The summed E-state index contributed by atoms with van der Waals surface area (Å²) in [6, 6.07) is 14.0. The van der Waals surface area contributed by atoms with Crippen molar-refractivity contribution in [1.29, 1.82) is 0 Å². The molecule has 0 bridgehead atoms. The van der Waals surface area contributed by atoms with Crippen LogP contribution in [0.15, 0.2) is 58.1 Å². The molecule has 0 spiro atoms. The zero-order chi connectivity index (χ0) is 34.9. The molecule has 0 amide bonds. The van der Waals surface area contributed by atoms with Gasteiger partial charge in [-0.3, -0.25) is 28.3 Å². The summed E-state index contributed by atoms with van der Waals surface area (Å²) in [5.41, 5.74) is 1.15. The molecule has 0 aliphatic heterocycles. The minimum atomic E-state index is -2.12. The fourth-order valence-corrected chi connectivity index (χ4v) is 6.47. The van der Waals surface area contributed by atoms with E-state index >= 15 is 0 Å². The number of carbonyl (C=O) groups is 2. The van der Waals surface area contributed by atoms with Gasteiger partial charge in [-0.15, -0.1) is 0 Å². The first-order valence-electron chi connectivity index (χ1n) is 13.8. The Kier molecular flexibility index (Phi) is 14.7. The number of nitrogens with zero attached hydrogens (tertiary/aromatic N) is 2. The number of rotatable bonds is 17. The number of ether oxygens (including phenoxy) is 6. The number of aromatic nitrogens is 2. The Morgan fingerprint density at radius 1 is 0.604 bits per heavy atom. The quantitative estimate of drug-likeness (QED) is 0.0567. The van der Waals surface area contributed by atoms with Gasteiger partial charge < -0.3 is 28.4 Å². The summed E-state index contributed by atoms with van der Waals surface area (Å²) in [6.45, 7) is -0.725. The third kappa shape index (κ3) is 11.4. The summed E-state index contributed by atoms with van der Waals surface area (Å²) in [7, 11) is 0. The van der Waals surface area contributed by atoms with Crippen LogP contribution in [0.2, 0.25) is 0 Å². The van der Waals surface area contributed by atoms with Crippen molar-refractivity contribution in [2.75, 3.05) is 39.6 Å². The molecule has 2 heterocycles. The molecule has 0 aliphatic rings. The van der Waals surface area contributed by atoms with E-state index in [9.17, 15) is 19.2 Å². The maximum Gasteiger partial charge on any atom is 0.328 e. The Morgan fingerprint density at radius 2 is 0.958 bits per heavy atom. The Bertz CT molecular complexity index is 1670. The van der Waals surface area contributed by atoms with Crippen LogP contribution in [0.3, 0.4) is 0 Å². The van der Waals surface area contributed by atoms with E-state index < -0.39 is 45.2 Å². The predicted molar refractivity (Wildman–Crippen MR) is 186 cm³/mol. The van der Waals surface area contributed by atoms with Gasteiger partial charge in [0.15, 0.2) is 0 Å². The first-order chi connectivity index (χ1) is 22.7. The summed E-state index contributed by atoms with van der Waals surface area (Å²) in [5.74, 6) is -1.68. The Morgan fingerprint density at radius 3 is 1.33 bits per heavy atom. The van der Waals surface area contributed by atoms with E-state index in [2.05, 4.69) is 0 Å². The molecule has 262 valence electrons. The van der Waals surface area contributed by atoms with Gasteiger partial charge in [0, 0.05) is 0 Å². The number of para-hydroxylation sites is 2. The monoisotopic (exact) mass is 824 g/mol. The van der Waals surface area contributed by atoms with Crippen molar-refractivity contribution in [2.24, 2.45) is 0 Å².